The van der Waals surface area contributed by atoms with Crippen molar-refractivity contribution >= 4 is 23.5 Å². The number of fused-ring (bicyclic) bond motifs is 1. The van der Waals surface area contributed by atoms with Gasteiger partial charge in [-0.3, -0.25) is 9.79 Å². The van der Waals surface area contributed by atoms with Crippen molar-refractivity contribution in [1.82, 2.24) is 9.55 Å². The van der Waals surface area contributed by atoms with Crippen molar-refractivity contribution < 1.29 is 14.3 Å². The van der Waals surface area contributed by atoms with E-state index in [9.17, 15) is 4.79 Å². The Labute approximate surface area is 185 Å². The quantitative estimate of drug-likeness (QED) is 0.366. The first-order chi connectivity index (χ1) is 15.6. The number of hydrogen-bond acceptors (Lipinski definition) is 7. The van der Waals surface area contributed by atoms with Crippen molar-refractivity contribution in [2.45, 2.75) is 6.92 Å². The molecular weight excluding hydrogens is 408 g/mol. The number of carbonyl (C=O) groups is 1. The zero-order valence-electron chi connectivity index (χ0n) is 17.9. The third kappa shape index (κ3) is 4.31. The molecule has 2 heterocycles. The number of methoxy groups -OCH3 is 1. The molecule has 1 aliphatic rings. The summed E-state index contributed by atoms with van der Waals surface area (Å²) >= 11 is 0. The maximum atomic E-state index is 12.7. The van der Waals surface area contributed by atoms with Crippen LogP contribution in [0.25, 0.3) is 5.69 Å². The van der Waals surface area contributed by atoms with Gasteiger partial charge in [0.1, 0.15) is 30.4 Å². The minimum Gasteiger partial charge on any atom is -0.495 e. The molecule has 0 radical (unpaired) electrons. The normalized spacial score (nSPS) is 13.7. The predicted molar refractivity (Wildman–Crippen MR) is 123 cm³/mol. The second kappa shape index (κ2) is 9.34. The molecule has 164 valence electrons. The van der Waals surface area contributed by atoms with Gasteiger partial charge in [-0.15, -0.1) is 0 Å². The molecule has 0 aliphatic carbocycles. The maximum absolute atomic E-state index is 12.7. The third-order valence-electron chi connectivity index (χ3n) is 5.07. The zero-order valence-corrected chi connectivity index (χ0v) is 17.9. The molecule has 1 aliphatic heterocycles. The monoisotopic (exact) mass is 432 g/mol. The number of aromatic nitrogens is 2. The standard InChI is InChI=1S/C23H24N6O3/c1-16-14-28(15-26-16)19-8-7-17(11-22(19)31-2)18(27-24)12-25-13-23(30)29-9-10-32-21-6-4-3-5-20(21)29/h3-8,11-12,14-15H,9-10,13,24H2,1-2H3. The molecule has 32 heavy (non-hydrogen) atoms. The van der Waals surface area contributed by atoms with Crippen LogP contribution in [0.2, 0.25) is 0 Å². The molecule has 0 bridgehead atoms. The van der Waals surface area contributed by atoms with Gasteiger partial charge in [-0.1, -0.05) is 18.2 Å². The highest BCUT2D eigenvalue weighted by Crippen LogP contribution is 2.31. The maximum Gasteiger partial charge on any atom is 0.248 e. The first kappa shape index (κ1) is 21.1. The lowest BCUT2D eigenvalue weighted by Crippen LogP contribution is -2.39. The molecule has 9 nitrogen and oxygen atoms in total. The molecule has 3 aromatic rings. The van der Waals surface area contributed by atoms with E-state index in [-0.39, 0.29) is 12.5 Å². The van der Waals surface area contributed by atoms with Crippen molar-refractivity contribution in [2.75, 3.05) is 31.7 Å². The van der Waals surface area contributed by atoms with Crippen LogP contribution in [-0.2, 0) is 4.79 Å². The number of ether oxygens (including phenoxy) is 2. The highest BCUT2D eigenvalue weighted by Gasteiger charge is 2.22. The minimum atomic E-state index is -0.128. The van der Waals surface area contributed by atoms with E-state index in [1.807, 2.05) is 60.2 Å². The fourth-order valence-electron chi connectivity index (χ4n) is 3.51. The number of nitrogens with zero attached hydrogens (tertiary/aromatic N) is 5. The summed E-state index contributed by atoms with van der Waals surface area (Å²) in [5.74, 6) is 6.80. The number of aliphatic imine (C=N–C) groups is 1. The molecule has 1 aromatic heterocycles. The van der Waals surface area contributed by atoms with E-state index in [4.69, 9.17) is 15.3 Å². The Hall–Kier alpha value is -4.14. The van der Waals surface area contributed by atoms with Gasteiger partial charge in [0, 0.05) is 18.0 Å². The molecule has 1 amide bonds. The summed E-state index contributed by atoms with van der Waals surface area (Å²) in [7, 11) is 1.60. The molecule has 0 saturated carbocycles. The first-order valence-corrected chi connectivity index (χ1v) is 10.1. The Morgan fingerprint density at radius 2 is 2.12 bits per heavy atom. The predicted octanol–water partition coefficient (Wildman–Crippen LogP) is 2.35. The summed E-state index contributed by atoms with van der Waals surface area (Å²) in [6.45, 7) is 2.82. The van der Waals surface area contributed by atoms with Crippen LogP contribution in [0, 0.1) is 6.92 Å². The molecule has 0 unspecified atom stereocenters. The lowest BCUT2D eigenvalue weighted by molar-refractivity contribution is -0.117. The van der Waals surface area contributed by atoms with Crippen LogP contribution in [0.15, 0.2) is 65.1 Å². The Bertz CT molecular complexity index is 1180. The van der Waals surface area contributed by atoms with Crippen molar-refractivity contribution in [2.24, 2.45) is 15.9 Å². The molecule has 4 rings (SSSR count). The number of nitrogens with two attached hydrogens (primary N) is 1. The van der Waals surface area contributed by atoms with Gasteiger partial charge >= 0.3 is 0 Å². The zero-order chi connectivity index (χ0) is 22.5. The van der Waals surface area contributed by atoms with E-state index in [2.05, 4.69) is 15.1 Å². The molecule has 2 aromatic carbocycles. The van der Waals surface area contributed by atoms with Gasteiger partial charge in [0.2, 0.25) is 5.91 Å². The number of hydrazone groups is 1. The summed E-state index contributed by atoms with van der Waals surface area (Å²) in [4.78, 5) is 22.9. The first-order valence-electron chi connectivity index (χ1n) is 10.1. The van der Waals surface area contributed by atoms with Crippen molar-refractivity contribution in [3.63, 3.8) is 0 Å². The Balaban J connectivity index is 1.49. The lowest BCUT2D eigenvalue weighted by atomic mass is 10.1. The molecule has 0 spiro atoms. The van der Waals surface area contributed by atoms with Crippen LogP contribution in [0.4, 0.5) is 5.69 Å². The van der Waals surface area contributed by atoms with Gasteiger partial charge < -0.3 is 24.8 Å². The van der Waals surface area contributed by atoms with E-state index in [1.54, 1.807) is 18.3 Å². The Kier molecular flexibility index (Phi) is 6.16. The van der Waals surface area contributed by atoms with Gasteiger partial charge in [-0.2, -0.15) is 5.10 Å². The number of para-hydroxylation sites is 2. The van der Waals surface area contributed by atoms with Crippen LogP contribution in [0.3, 0.4) is 0 Å². The molecule has 9 heteroatoms. The number of aryl methyl sites for hydroxylation is 1. The number of hydrogen-bond donors (Lipinski definition) is 1. The number of benzene rings is 2. The lowest BCUT2D eigenvalue weighted by Gasteiger charge is -2.28. The van der Waals surface area contributed by atoms with Gasteiger partial charge in [-0.25, -0.2) is 4.98 Å². The van der Waals surface area contributed by atoms with E-state index in [0.717, 1.165) is 22.6 Å². The molecular formula is C23H24N6O3. The van der Waals surface area contributed by atoms with Crippen LogP contribution < -0.4 is 20.2 Å². The second-order valence-electron chi connectivity index (χ2n) is 7.15. The number of rotatable bonds is 6. The van der Waals surface area contributed by atoms with E-state index in [1.165, 1.54) is 6.21 Å². The highest BCUT2D eigenvalue weighted by atomic mass is 16.5. The summed E-state index contributed by atoms with van der Waals surface area (Å²) in [6.07, 6.45) is 5.13. The minimum absolute atomic E-state index is 0.0309. The fraction of sp³-hybridized carbons (Fsp3) is 0.217. The Morgan fingerprint density at radius 3 is 2.88 bits per heavy atom. The average Bonchev–Trinajstić information content (AvgIpc) is 3.27. The number of imidazole rings is 1. The molecule has 0 atom stereocenters. The molecule has 0 saturated heterocycles. The van der Waals surface area contributed by atoms with Crippen LogP contribution in [0.1, 0.15) is 11.3 Å². The van der Waals surface area contributed by atoms with Gasteiger partial charge in [-0.05, 0) is 31.2 Å². The highest BCUT2D eigenvalue weighted by molar-refractivity contribution is 6.38. The second-order valence-corrected chi connectivity index (χ2v) is 7.15. The number of anilines is 1. The fourth-order valence-corrected chi connectivity index (χ4v) is 3.51. The van der Waals surface area contributed by atoms with E-state index < -0.39 is 0 Å². The molecule has 0 fully saturated rings. The average molecular weight is 432 g/mol. The van der Waals surface area contributed by atoms with Gasteiger partial charge in [0.05, 0.1) is 37.1 Å². The Morgan fingerprint density at radius 1 is 1.28 bits per heavy atom. The smallest absolute Gasteiger partial charge is 0.248 e. The third-order valence-corrected chi connectivity index (χ3v) is 5.07. The van der Waals surface area contributed by atoms with Crippen LogP contribution in [0.5, 0.6) is 11.5 Å². The SMILES string of the molecule is COc1cc(C(C=NCC(=O)N2CCOc3ccccc32)=NN)ccc1-n1cnc(C)c1. The van der Waals surface area contributed by atoms with Crippen LogP contribution >= 0.6 is 0 Å². The van der Waals surface area contributed by atoms with Gasteiger partial charge in [0.25, 0.3) is 0 Å². The van der Waals surface area contributed by atoms with Crippen molar-refractivity contribution in [3.8, 4) is 17.2 Å². The molecule has 2 N–H and O–H groups in total. The largest absolute Gasteiger partial charge is 0.495 e. The number of amides is 1. The van der Waals surface area contributed by atoms with Crippen LogP contribution in [-0.4, -0.2) is 54.2 Å². The summed E-state index contributed by atoms with van der Waals surface area (Å²) in [6, 6.07) is 13.0. The topological polar surface area (TPSA) is 107 Å². The van der Waals surface area contributed by atoms with Crippen molar-refractivity contribution in [1.29, 1.82) is 0 Å². The summed E-state index contributed by atoms with van der Waals surface area (Å²) in [5, 5.41) is 3.83. The van der Waals surface area contributed by atoms with Gasteiger partial charge in [0.15, 0.2) is 0 Å². The van der Waals surface area contributed by atoms with Crippen molar-refractivity contribution in [3.05, 3.63) is 66.2 Å². The summed E-state index contributed by atoms with van der Waals surface area (Å²) < 4.78 is 13.0. The van der Waals surface area contributed by atoms with E-state index >= 15 is 0 Å². The summed E-state index contributed by atoms with van der Waals surface area (Å²) in [5.41, 5.74) is 3.65. The van der Waals surface area contributed by atoms with E-state index in [0.29, 0.717) is 30.4 Å². The number of carbonyl (C=O) groups excluding carboxylic acids is 1.